The van der Waals surface area contributed by atoms with Gasteiger partial charge in [-0.2, -0.15) is 9.78 Å². The fraction of sp³-hybridized carbons (Fsp3) is 0.273. The number of carbonyl (C=O) groups is 1. The lowest BCUT2D eigenvalue weighted by Crippen LogP contribution is -1.99. The first-order valence-corrected chi connectivity index (χ1v) is 5.31. The Morgan fingerprint density at radius 3 is 3.00 bits per heavy atom. The first-order chi connectivity index (χ1) is 8.26. The van der Waals surface area contributed by atoms with Gasteiger partial charge in [-0.3, -0.25) is 4.79 Å². The van der Waals surface area contributed by atoms with Crippen LogP contribution in [0.1, 0.15) is 20.3 Å². The van der Waals surface area contributed by atoms with Gasteiger partial charge in [0.1, 0.15) is 5.69 Å². The third kappa shape index (κ3) is 2.15. The van der Waals surface area contributed by atoms with E-state index in [4.69, 9.17) is 0 Å². The lowest BCUT2D eigenvalue weighted by atomic mass is 10.3. The molecule has 0 aliphatic heterocycles. The molecule has 0 aromatic carbocycles. The average molecular weight is 231 g/mol. The Morgan fingerprint density at radius 2 is 2.41 bits per heavy atom. The van der Waals surface area contributed by atoms with Crippen LogP contribution in [-0.2, 0) is 4.79 Å². The zero-order valence-electron chi connectivity index (χ0n) is 9.74. The van der Waals surface area contributed by atoms with Crippen LogP contribution in [0.5, 0.6) is 0 Å². The van der Waals surface area contributed by atoms with Crippen molar-refractivity contribution in [3.63, 3.8) is 0 Å². The molecule has 0 unspecified atom stereocenters. The lowest BCUT2D eigenvalue weighted by molar-refractivity contribution is 0.541. The normalized spacial score (nSPS) is 11.8. The molecule has 6 nitrogen and oxygen atoms in total. The van der Waals surface area contributed by atoms with Crippen LogP contribution in [0.15, 0.2) is 29.9 Å². The van der Waals surface area contributed by atoms with Gasteiger partial charge in [0.15, 0.2) is 5.82 Å². The van der Waals surface area contributed by atoms with Crippen molar-refractivity contribution in [1.82, 2.24) is 19.3 Å². The molecule has 2 heterocycles. The second kappa shape index (κ2) is 4.73. The van der Waals surface area contributed by atoms with Crippen LogP contribution in [0.3, 0.4) is 0 Å². The molecule has 0 aliphatic carbocycles. The molecule has 88 valence electrons. The maximum Gasteiger partial charge on any atom is 0.236 e. The van der Waals surface area contributed by atoms with Crippen molar-refractivity contribution >= 4 is 17.9 Å². The number of hydrogen-bond donors (Lipinski definition) is 0. The molecular weight excluding hydrogens is 218 g/mol. The van der Waals surface area contributed by atoms with Gasteiger partial charge in [-0.25, -0.2) is 9.98 Å². The van der Waals surface area contributed by atoms with Crippen LogP contribution >= 0.6 is 0 Å². The van der Waals surface area contributed by atoms with E-state index in [1.165, 1.54) is 4.68 Å². The number of nitrogens with zero attached hydrogens (tertiary/aromatic N) is 5. The maximum atomic E-state index is 10.9. The topological polar surface area (TPSA) is 65.1 Å². The van der Waals surface area contributed by atoms with Crippen LogP contribution in [0, 0.1) is 0 Å². The van der Waals surface area contributed by atoms with E-state index in [1.807, 2.05) is 13.8 Å². The fourth-order valence-electron chi connectivity index (χ4n) is 1.38. The molecule has 0 atom stereocenters. The van der Waals surface area contributed by atoms with E-state index in [2.05, 4.69) is 15.1 Å². The number of hydrogen-bond acceptors (Lipinski definition) is 4. The van der Waals surface area contributed by atoms with Crippen molar-refractivity contribution in [2.45, 2.75) is 20.3 Å². The summed E-state index contributed by atoms with van der Waals surface area (Å²) < 4.78 is 2.99. The number of carbonyl (C=O) groups excluding carboxylic acids is 1. The Balaban J connectivity index is 2.54. The first-order valence-electron chi connectivity index (χ1n) is 5.31. The third-order valence-corrected chi connectivity index (χ3v) is 2.44. The zero-order chi connectivity index (χ0) is 12.3. The molecule has 2 aromatic heterocycles. The summed E-state index contributed by atoms with van der Waals surface area (Å²) in [5.74, 6) is 0.525. The van der Waals surface area contributed by atoms with Crippen LogP contribution in [0.25, 0.3) is 5.69 Å². The van der Waals surface area contributed by atoms with Crippen LogP contribution < -0.4 is 0 Å². The Labute approximate surface area is 98.6 Å². The van der Waals surface area contributed by atoms with Gasteiger partial charge in [0, 0.05) is 18.1 Å². The van der Waals surface area contributed by atoms with E-state index in [9.17, 15) is 4.79 Å². The molecule has 2 rings (SSSR count). The maximum absolute atomic E-state index is 10.9. The van der Waals surface area contributed by atoms with E-state index >= 15 is 0 Å². The number of imidazole rings is 1. The summed E-state index contributed by atoms with van der Waals surface area (Å²) in [5.41, 5.74) is 1.68. The summed E-state index contributed by atoms with van der Waals surface area (Å²) in [6, 6.07) is 0. The van der Waals surface area contributed by atoms with E-state index in [1.54, 1.807) is 29.5 Å². The molecule has 0 N–H and O–H groups in total. The van der Waals surface area contributed by atoms with Crippen molar-refractivity contribution in [3.8, 4) is 5.69 Å². The monoisotopic (exact) mass is 231 g/mol. The summed E-state index contributed by atoms with van der Waals surface area (Å²) in [5, 5.41) is 3.97. The van der Waals surface area contributed by atoms with Crippen LogP contribution in [-0.4, -0.2) is 31.5 Å². The van der Waals surface area contributed by atoms with Crippen molar-refractivity contribution in [3.05, 3.63) is 24.9 Å². The second-order valence-electron chi connectivity index (χ2n) is 3.57. The predicted molar refractivity (Wildman–Crippen MR) is 64.6 cm³/mol. The van der Waals surface area contributed by atoms with E-state index in [-0.39, 0.29) is 0 Å². The minimum atomic E-state index is 0.525. The molecule has 0 saturated carbocycles. The summed E-state index contributed by atoms with van der Waals surface area (Å²) in [6.07, 6.45) is 8.16. The summed E-state index contributed by atoms with van der Waals surface area (Å²) in [7, 11) is 0. The minimum absolute atomic E-state index is 0.525. The van der Waals surface area contributed by atoms with Crippen molar-refractivity contribution < 1.29 is 4.79 Å². The quantitative estimate of drug-likeness (QED) is 0.593. The highest BCUT2D eigenvalue weighted by Gasteiger charge is 2.11. The summed E-state index contributed by atoms with van der Waals surface area (Å²) in [6.45, 7) is 3.93. The SMILES string of the molecule is CCC(C)=Nc1c(-n2ccnc2)cnn1C=O. The summed E-state index contributed by atoms with van der Waals surface area (Å²) >= 11 is 0. The molecule has 2 aromatic rings. The van der Waals surface area contributed by atoms with Gasteiger partial charge >= 0.3 is 0 Å². The van der Waals surface area contributed by atoms with Gasteiger partial charge in [0.25, 0.3) is 0 Å². The summed E-state index contributed by atoms with van der Waals surface area (Å²) in [4.78, 5) is 19.3. The van der Waals surface area contributed by atoms with Gasteiger partial charge in [-0.05, 0) is 13.3 Å². The van der Waals surface area contributed by atoms with Gasteiger partial charge in [-0.15, -0.1) is 0 Å². The molecule has 17 heavy (non-hydrogen) atoms. The molecule has 0 aliphatic rings. The standard InChI is InChI=1S/C11H13N5O/c1-3-9(2)14-11-10(6-13-16(11)8-17)15-5-4-12-7-15/h4-8H,3H2,1-2H3. The molecule has 0 bridgehead atoms. The second-order valence-corrected chi connectivity index (χ2v) is 3.57. The Hall–Kier alpha value is -2.24. The third-order valence-electron chi connectivity index (χ3n) is 2.44. The molecule has 0 saturated heterocycles. The van der Waals surface area contributed by atoms with E-state index in [0.717, 1.165) is 17.8 Å². The van der Waals surface area contributed by atoms with Gasteiger partial charge in [-0.1, -0.05) is 6.92 Å². The Morgan fingerprint density at radius 1 is 1.59 bits per heavy atom. The average Bonchev–Trinajstić information content (AvgIpc) is 2.96. The highest BCUT2D eigenvalue weighted by molar-refractivity contribution is 5.85. The van der Waals surface area contributed by atoms with E-state index < -0.39 is 0 Å². The molecule has 0 radical (unpaired) electrons. The van der Waals surface area contributed by atoms with Crippen molar-refractivity contribution in [2.75, 3.05) is 0 Å². The molecule has 0 amide bonds. The highest BCUT2D eigenvalue weighted by Crippen LogP contribution is 2.22. The fourth-order valence-corrected chi connectivity index (χ4v) is 1.38. The first kappa shape index (κ1) is 11.3. The zero-order valence-corrected chi connectivity index (χ0v) is 9.74. The molecule has 6 heteroatoms. The predicted octanol–water partition coefficient (Wildman–Crippen LogP) is 1.61. The molecular formula is C11H13N5O. The van der Waals surface area contributed by atoms with Gasteiger partial charge in [0.05, 0.1) is 12.5 Å². The molecule has 0 spiro atoms. The number of aliphatic imine (C=N–C) groups is 1. The Bertz CT molecular complexity index is 538. The lowest BCUT2D eigenvalue weighted by Gasteiger charge is -2.02. The Kier molecular flexibility index (Phi) is 3.13. The van der Waals surface area contributed by atoms with Crippen molar-refractivity contribution in [2.24, 2.45) is 4.99 Å². The van der Waals surface area contributed by atoms with E-state index in [0.29, 0.717) is 12.2 Å². The van der Waals surface area contributed by atoms with Gasteiger partial charge < -0.3 is 4.57 Å². The van der Waals surface area contributed by atoms with Crippen LogP contribution in [0.4, 0.5) is 5.82 Å². The smallest absolute Gasteiger partial charge is 0.236 e. The van der Waals surface area contributed by atoms with Crippen molar-refractivity contribution in [1.29, 1.82) is 0 Å². The molecule has 0 fully saturated rings. The minimum Gasteiger partial charge on any atom is -0.301 e. The van der Waals surface area contributed by atoms with Crippen LogP contribution in [0.2, 0.25) is 0 Å². The number of rotatable bonds is 4. The highest BCUT2D eigenvalue weighted by atomic mass is 16.1. The van der Waals surface area contributed by atoms with Gasteiger partial charge in [0.2, 0.25) is 6.41 Å². The largest absolute Gasteiger partial charge is 0.301 e. The number of aromatic nitrogens is 4.